The zero-order valence-electron chi connectivity index (χ0n) is 10.6. The summed E-state index contributed by atoms with van der Waals surface area (Å²) in [5.41, 5.74) is 2.13. The van der Waals surface area contributed by atoms with Gasteiger partial charge in [0.2, 0.25) is 0 Å². The van der Waals surface area contributed by atoms with Crippen LogP contribution in [-0.4, -0.2) is 26.5 Å². The largest absolute Gasteiger partial charge is 0.472 e. The van der Waals surface area contributed by atoms with Crippen molar-refractivity contribution in [2.45, 2.75) is 18.9 Å². The molecule has 3 aromatic heterocycles. The van der Waals surface area contributed by atoms with Gasteiger partial charge in [-0.2, -0.15) is 0 Å². The van der Waals surface area contributed by atoms with Crippen LogP contribution in [0.5, 0.6) is 0 Å². The predicted octanol–water partition coefficient (Wildman–Crippen LogP) is 1.88. The number of carbonyl (C=O) groups is 1. The van der Waals surface area contributed by atoms with E-state index < -0.39 is 0 Å². The molecule has 100 valence electrons. The van der Waals surface area contributed by atoms with Gasteiger partial charge in [0.15, 0.2) is 11.5 Å². The van der Waals surface area contributed by atoms with Gasteiger partial charge in [-0.3, -0.25) is 9.20 Å². The molecule has 20 heavy (non-hydrogen) atoms. The van der Waals surface area contributed by atoms with Crippen molar-refractivity contribution in [2.75, 3.05) is 0 Å². The molecule has 6 nitrogen and oxygen atoms in total. The van der Waals surface area contributed by atoms with E-state index in [1.807, 2.05) is 6.07 Å². The number of nitrogens with zero attached hydrogens (tertiary/aromatic N) is 3. The standard InChI is InChI=1S/C14H12N4O2/c19-14(15-11-2-3-11)9-1-4-12-16-17-13(18(12)7-9)10-5-6-20-8-10/h1,4-8,11H,2-3H2,(H,15,19). The number of nitrogens with one attached hydrogen (secondary N) is 1. The van der Waals surface area contributed by atoms with Gasteiger partial charge < -0.3 is 9.73 Å². The molecule has 0 bridgehead atoms. The minimum Gasteiger partial charge on any atom is -0.472 e. The van der Waals surface area contributed by atoms with Gasteiger partial charge in [-0.1, -0.05) is 0 Å². The van der Waals surface area contributed by atoms with Crippen LogP contribution in [0, 0.1) is 0 Å². The molecule has 0 aromatic carbocycles. The first-order valence-electron chi connectivity index (χ1n) is 6.49. The first-order valence-corrected chi connectivity index (χ1v) is 6.49. The van der Waals surface area contributed by atoms with E-state index in [2.05, 4.69) is 15.5 Å². The molecular weight excluding hydrogens is 256 g/mol. The average Bonchev–Trinajstić information content (AvgIpc) is 2.97. The molecule has 0 unspecified atom stereocenters. The molecule has 3 aromatic rings. The van der Waals surface area contributed by atoms with Crippen LogP contribution >= 0.6 is 0 Å². The lowest BCUT2D eigenvalue weighted by atomic mass is 10.2. The lowest BCUT2D eigenvalue weighted by molar-refractivity contribution is 0.0950. The molecular formula is C14H12N4O2. The molecule has 0 atom stereocenters. The lowest BCUT2D eigenvalue weighted by Gasteiger charge is -2.04. The van der Waals surface area contributed by atoms with Gasteiger partial charge in [0, 0.05) is 12.2 Å². The molecule has 1 fully saturated rings. The van der Waals surface area contributed by atoms with E-state index in [1.54, 1.807) is 35.3 Å². The van der Waals surface area contributed by atoms with Crippen LogP contribution < -0.4 is 5.32 Å². The Hall–Kier alpha value is -2.63. The van der Waals surface area contributed by atoms with Crippen molar-refractivity contribution in [1.82, 2.24) is 19.9 Å². The number of hydrogen-bond acceptors (Lipinski definition) is 4. The third-order valence-electron chi connectivity index (χ3n) is 3.36. The number of hydrogen-bond donors (Lipinski definition) is 1. The van der Waals surface area contributed by atoms with Crippen molar-refractivity contribution in [3.63, 3.8) is 0 Å². The maximum absolute atomic E-state index is 12.1. The summed E-state index contributed by atoms with van der Waals surface area (Å²) in [6.07, 6.45) is 7.09. The van der Waals surface area contributed by atoms with E-state index in [9.17, 15) is 4.79 Å². The number of pyridine rings is 1. The fourth-order valence-corrected chi connectivity index (χ4v) is 2.11. The van der Waals surface area contributed by atoms with Gasteiger partial charge in [-0.25, -0.2) is 0 Å². The van der Waals surface area contributed by atoms with Crippen LogP contribution in [0.1, 0.15) is 23.2 Å². The molecule has 1 N–H and O–H groups in total. The summed E-state index contributed by atoms with van der Waals surface area (Å²) in [4.78, 5) is 12.1. The predicted molar refractivity (Wildman–Crippen MR) is 71.2 cm³/mol. The summed E-state index contributed by atoms with van der Waals surface area (Å²) in [6.45, 7) is 0. The van der Waals surface area contributed by atoms with Crippen molar-refractivity contribution >= 4 is 11.6 Å². The second-order valence-corrected chi connectivity index (χ2v) is 4.93. The van der Waals surface area contributed by atoms with Crippen molar-refractivity contribution < 1.29 is 9.21 Å². The van der Waals surface area contributed by atoms with Crippen LogP contribution in [0.2, 0.25) is 0 Å². The van der Waals surface area contributed by atoms with E-state index in [4.69, 9.17) is 4.42 Å². The zero-order valence-corrected chi connectivity index (χ0v) is 10.6. The van der Waals surface area contributed by atoms with Gasteiger partial charge in [0.25, 0.3) is 5.91 Å². The highest BCUT2D eigenvalue weighted by Gasteiger charge is 2.24. The van der Waals surface area contributed by atoms with Crippen molar-refractivity contribution in [2.24, 2.45) is 0 Å². The van der Waals surface area contributed by atoms with Crippen LogP contribution in [0.3, 0.4) is 0 Å². The number of furan rings is 1. The van der Waals surface area contributed by atoms with Crippen molar-refractivity contribution in [3.8, 4) is 11.4 Å². The Morgan fingerprint density at radius 1 is 1.30 bits per heavy atom. The van der Waals surface area contributed by atoms with E-state index in [1.165, 1.54) is 0 Å². The summed E-state index contributed by atoms with van der Waals surface area (Å²) >= 11 is 0. The third kappa shape index (κ3) is 1.85. The molecule has 1 aliphatic carbocycles. The van der Waals surface area contributed by atoms with Crippen LogP contribution in [0.15, 0.2) is 41.3 Å². The molecule has 1 saturated carbocycles. The first-order chi connectivity index (χ1) is 9.81. The molecule has 3 heterocycles. The first kappa shape index (κ1) is 11.2. The summed E-state index contributed by atoms with van der Waals surface area (Å²) < 4.78 is 6.86. The Kier molecular flexibility index (Phi) is 2.35. The van der Waals surface area contributed by atoms with E-state index in [-0.39, 0.29) is 5.91 Å². The summed E-state index contributed by atoms with van der Waals surface area (Å²) in [5.74, 6) is 0.607. The minimum absolute atomic E-state index is 0.0544. The van der Waals surface area contributed by atoms with Gasteiger partial charge in [-0.05, 0) is 31.0 Å². The second-order valence-electron chi connectivity index (χ2n) is 4.93. The molecule has 0 spiro atoms. The smallest absolute Gasteiger partial charge is 0.252 e. The Morgan fingerprint density at radius 2 is 2.20 bits per heavy atom. The maximum Gasteiger partial charge on any atom is 0.252 e. The number of carbonyl (C=O) groups excluding carboxylic acids is 1. The molecule has 4 rings (SSSR count). The Morgan fingerprint density at radius 3 is 2.95 bits per heavy atom. The van der Waals surface area contributed by atoms with E-state index in [0.717, 1.165) is 18.4 Å². The average molecular weight is 268 g/mol. The quantitative estimate of drug-likeness (QED) is 0.787. The topological polar surface area (TPSA) is 72.4 Å². The highest BCUT2D eigenvalue weighted by Crippen LogP contribution is 2.21. The van der Waals surface area contributed by atoms with Crippen molar-refractivity contribution in [1.29, 1.82) is 0 Å². The second kappa shape index (κ2) is 4.19. The fraction of sp³-hybridized carbons (Fsp3) is 0.214. The highest BCUT2D eigenvalue weighted by atomic mass is 16.3. The van der Waals surface area contributed by atoms with Crippen LogP contribution in [0.25, 0.3) is 17.0 Å². The van der Waals surface area contributed by atoms with Crippen molar-refractivity contribution in [3.05, 3.63) is 42.5 Å². The number of amides is 1. The molecule has 0 radical (unpaired) electrons. The normalized spacial score (nSPS) is 14.6. The summed E-state index contributed by atoms with van der Waals surface area (Å²) in [5, 5.41) is 11.2. The van der Waals surface area contributed by atoms with E-state index in [0.29, 0.717) is 23.1 Å². The molecule has 6 heteroatoms. The zero-order chi connectivity index (χ0) is 13.5. The Labute approximate surface area is 114 Å². The Bertz CT molecular complexity index is 772. The summed E-state index contributed by atoms with van der Waals surface area (Å²) in [6, 6.07) is 5.71. The van der Waals surface area contributed by atoms with E-state index >= 15 is 0 Å². The number of fused-ring (bicyclic) bond motifs is 1. The molecule has 0 saturated heterocycles. The molecule has 1 aliphatic rings. The van der Waals surface area contributed by atoms with Gasteiger partial charge in [0.1, 0.15) is 6.26 Å². The van der Waals surface area contributed by atoms with Gasteiger partial charge >= 0.3 is 0 Å². The van der Waals surface area contributed by atoms with Gasteiger partial charge in [-0.15, -0.1) is 10.2 Å². The molecule has 1 amide bonds. The molecule has 0 aliphatic heterocycles. The Balaban J connectivity index is 1.77. The fourth-order valence-electron chi connectivity index (χ4n) is 2.11. The SMILES string of the molecule is O=C(NC1CC1)c1ccc2nnc(-c3ccoc3)n2c1. The number of rotatable bonds is 3. The van der Waals surface area contributed by atoms with Crippen LogP contribution in [0.4, 0.5) is 0 Å². The van der Waals surface area contributed by atoms with Crippen LogP contribution in [-0.2, 0) is 0 Å². The summed E-state index contributed by atoms with van der Waals surface area (Å²) in [7, 11) is 0. The van der Waals surface area contributed by atoms with Gasteiger partial charge in [0.05, 0.1) is 17.4 Å². The maximum atomic E-state index is 12.1. The number of aromatic nitrogens is 3. The lowest BCUT2D eigenvalue weighted by Crippen LogP contribution is -2.25. The minimum atomic E-state index is -0.0544. The highest BCUT2D eigenvalue weighted by molar-refractivity contribution is 5.94. The monoisotopic (exact) mass is 268 g/mol. The third-order valence-corrected chi connectivity index (χ3v) is 3.36.